The number of nitrogens with zero attached hydrogens (tertiary/aromatic N) is 2. The molecule has 2 aromatic carbocycles. The number of rotatable bonds is 6. The fourth-order valence-electron chi connectivity index (χ4n) is 4.12. The van der Waals surface area contributed by atoms with Crippen molar-refractivity contribution in [3.05, 3.63) is 70.7 Å². The lowest BCUT2D eigenvalue weighted by atomic mass is 9.84. The first kappa shape index (κ1) is 19.4. The Morgan fingerprint density at radius 1 is 1.07 bits per heavy atom. The average molecular weight is 399 g/mol. The van der Waals surface area contributed by atoms with Gasteiger partial charge in [0.2, 0.25) is 0 Å². The van der Waals surface area contributed by atoms with Gasteiger partial charge in [-0.25, -0.2) is 0 Å². The van der Waals surface area contributed by atoms with Crippen molar-refractivity contribution >= 4 is 17.3 Å². The quantitative estimate of drug-likeness (QED) is 0.773. The molecule has 148 valence electrons. The highest BCUT2D eigenvalue weighted by Gasteiger charge is 2.33. The molecule has 4 rings (SSSR count). The average Bonchev–Trinajstić information content (AvgIpc) is 3.20. The van der Waals surface area contributed by atoms with Crippen LogP contribution in [0.3, 0.4) is 0 Å². The molecule has 2 aliphatic rings. The second-order valence-electron chi connectivity index (χ2n) is 7.86. The third-order valence-corrected chi connectivity index (χ3v) is 6.16. The van der Waals surface area contributed by atoms with Gasteiger partial charge in [-0.3, -0.25) is 0 Å². The summed E-state index contributed by atoms with van der Waals surface area (Å²) in [5, 5.41) is 16.0. The van der Waals surface area contributed by atoms with Crippen molar-refractivity contribution in [2.24, 2.45) is 5.16 Å². The molecule has 1 atom stereocenters. The molecule has 28 heavy (non-hydrogen) atoms. The Kier molecular flexibility index (Phi) is 6.00. The van der Waals surface area contributed by atoms with E-state index in [2.05, 4.69) is 22.2 Å². The third kappa shape index (κ3) is 4.57. The Morgan fingerprint density at radius 2 is 1.79 bits per heavy atom. The van der Waals surface area contributed by atoms with Gasteiger partial charge in [0.25, 0.3) is 0 Å². The standard InChI is InChI=1S/C23H27ClN2O2/c24-20-10-8-19(9-11-20)23(27)12-15-26(16-13-23)14-4-7-21-17-22(25-28-21)18-5-2-1-3-6-18/h1-3,5-6,8-11,21,27H,4,7,12-17H2. The molecular weight excluding hydrogens is 372 g/mol. The zero-order valence-corrected chi connectivity index (χ0v) is 16.8. The maximum absolute atomic E-state index is 11.0. The van der Waals surface area contributed by atoms with E-state index >= 15 is 0 Å². The van der Waals surface area contributed by atoms with Crippen LogP contribution in [0.1, 0.15) is 43.2 Å². The maximum atomic E-state index is 11.0. The van der Waals surface area contributed by atoms with E-state index in [1.54, 1.807) is 0 Å². The lowest BCUT2D eigenvalue weighted by Gasteiger charge is -2.38. The van der Waals surface area contributed by atoms with E-state index in [-0.39, 0.29) is 6.10 Å². The van der Waals surface area contributed by atoms with Crippen molar-refractivity contribution in [2.45, 2.75) is 43.8 Å². The predicted octanol–water partition coefficient (Wildman–Crippen LogP) is 4.60. The fourth-order valence-corrected chi connectivity index (χ4v) is 4.25. The zero-order chi connectivity index (χ0) is 19.4. The Hall–Kier alpha value is -1.88. The molecule has 0 bridgehead atoms. The van der Waals surface area contributed by atoms with Gasteiger partial charge in [-0.2, -0.15) is 0 Å². The van der Waals surface area contributed by atoms with Crippen molar-refractivity contribution < 1.29 is 9.94 Å². The Bertz CT molecular complexity index is 799. The number of aliphatic hydroxyl groups is 1. The third-order valence-electron chi connectivity index (χ3n) is 5.91. The minimum Gasteiger partial charge on any atom is -0.392 e. The maximum Gasteiger partial charge on any atom is 0.133 e. The van der Waals surface area contributed by atoms with Gasteiger partial charge in [0, 0.05) is 24.5 Å². The smallest absolute Gasteiger partial charge is 0.133 e. The van der Waals surface area contributed by atoms with E-state index < -0.39 is 5.60 Å². The van der Waals surface area contributed by atoms with E-state index in [0.717, 1.165) is 68.6 Å². The topological polar surface area (TPSA) is 45.1 Å². The molecule has 0 saturated carbocycles. The van der Waals surface area contributed by atoms with Crippen LogP contribution in [0.15, 0.2) is 59.8 Å². The van der Waals surface area contributed by atoms with Gasteiger partial charge in [0.05, 0.1) is 11.3 Å². The van der Waals surface area contributed by atoms with Crippen molar-refractivity contribution in [2.75, 3.05) is 19.6 Å². The number of oxime groups is 1. The van der Waals surface area contributed by atoms with Gasteiger partial charge in [-0.05, 0) is 55.5 Å². The largest absolute Gasteiger partial charge is 0.392 e. The second kappa shape index (κ2) is 8.64. The second-order valence-corrected chi connectivity index (χ2v) is 8.29. The van der Waals surface area contributed by atoms with Gasteiger partial charge in [0.1, 0.15) is 6.10 Å². The van der Waals surface area contributed by atoms with Gasteiger partial charge >= 0.3 is 0 Å². The van der Waals surface area contributed by atoms with E-state index in [9.17, 15) is 5.11 Å². The van der Waals surface area contributed by atoms with Crippen LogP contribution < -0.4 is 0 Å². The minimum atomic E-state index is -0.728. The number of hydrogen-bond donors (Lipinski definition) is 1. The molecule has 0 aliphatic carbocycles. The van der Waals surface area contributed by atoms with Crippen molar-refractivity contribution in [3.63, 3.8) is 0 Å². The van der Waals surface area contributed by atoms with E-state index in [0.29, 0.717) is 5.02 Å². The molecule has 1 N–H and O–H groups in total. The molecule has 2 aromatic rings. The van der Waals surface area contributed by atoms with Crippen molar-refractivity contribution in [1.82, 2.24) is 4.90 Å². The number of halogens is 1. The molecule has 0 aromatic heterocycles. The Labute approximate surface area is 171 Å². The summed E-state index contributed by atoms with van der Waals surface area (Å²) in [6.45, 7) is 2.87. The fraction of sp³-hybridized carbons (Fsp3) is 0.435. The first-order chi connectivity index (χ1) is 13.6. The highest BCUT2D eigenvalue weighted by molar-refractivity contribution is 6.30. The number of benzene rings is 2. The number of piperidine rings is 1. The van der Waals surface area contributed by atoms with Gasteiger partial charge < -0.3 is 14.8 Å². The monoisotopic (exact) mass is 398 g/mol. The Balaban J connectivity index is 1.19. The zero-order valence-electron chi connectivity index (χ0n) is 16.1. The summed E-state index contributed by atoms with van der Waals surface area (Å²) < 4.78 is 0. The van der Waals surface area contributed by atoms with Crippen molar-refractivity contribution in [3.8, 4) is 0 Å². The van der Waals surface area contributed by atoms with E-state index in [1.807, 2.05) is 42.5 Å². The summed E-state index contributed by atoms with van der Waals surface area (Å²) in [6.07, 6.45) is 4.69. The summed E-state index contributed by atoms with van der Waals surface area (Å²) >= 11 is 5.97. The molecule has 2 aliphatic heterocycles. The summed E-state index contributed by atoms with van der Waals surface area (Å²) in [7, 11) is 0. The minimum absolute atomic E-state index is 0.186. The molecule has 2 heterocycles. The highest BCUT2D eigenvalue weighted by atomic mass is 35.5. The van der Waals surface area contributed by atoms with E-state index in [4.69, 9.17) is 16.4 Å². The van der Waals surface area contributed by atoms with Crippen LogP contribution in [0.2, 0.25) is 5.02 Å². The molecule has 1 fully saturated rings. The van der Waals surface area contributed by atoms with Crippen LogP contribution in [-0.2, 0) is 10.4 Å². The molecule has 0 spiro atoms. The van der Waals surface area contributed by atoms with Gasteiger partial charge in [-0.15, -0.1) is 0 Å². The van der Waals surface area contributed by atoms with E-state index in [1.165, 1.54) is 0 Å². The summed E-state index contributed by atoms with van der Waals surface area (Å²) in [4.78, 5) is 8.07. The van der Waals surface area contributed by atoms with Crippen LogP contribution in [0.4, 0.5) is 0 Å². The molecule has 1 unspecified atom stereocenters. The predicted molar refractivity (Wildman–Crippen MR) is 113 cm³/mol. The Morgan fingerprint density at radius 3 is 2.50 bits per heavy atom. The summed E-state index contributed by atoms with van der Waals surface area (Å²) in [5.74, 6) is 0. The summed E-state index contributed by atoms with van der Waals surface area (Å²) in [5.41, 5.74) is 2.45. The molecule has 4 nitrogen and oxygen atoms in total. The lowest BCUT2D eigenvalue weighted by molar-refractivity contribution is -0.0269. The van der Waals surface area contributed by atoms with Gasteiger partial charge in [0.15, 0.2) is 0 Å². The molecule has 0 amide bonds. The SMILES string of the molecule is OC1(c2ccc(Cl)cc2)CCN(CCCC2CC(c3ccccc3)=NO2)CC1. The normalized spacial score (nSPS) is 21.9. The molecular formula is C23H27ClN2O2. The van der Waals surface area contributed by atoms with Crippen molar-refractivity contribution in [1.29, 1.82) is 0 Å². The molecule has 1 saturated heterocycles. The van der Waals surface area contributed by atoms with Crippen LogP contribution in [0.25, 0.3) is 0 Å². The van der Waals surface area contributed by atoms with Crippen LogP contribution >= 0.6 is 11.6 Å². The first-order valence-corrected chi connectivity index (χ1v) is 10.5. The van der Waals surface area contributed by atoms with Crippen LogP contribution in [0.5, 0.6) is 0 Å². The molecule has 0 radical (unpaired) electrons. The van der Waals surface area contributed by atoms with Crippen LogP contribution in [0, 0.1) is 0 Å². The number of hydrogen-bond acceptors (Lipinski definition) is 4. The first-order valence-electron chi connectivity index (χ1n) is 10.1. The number of likely N-dealkylation sites (tertiary alicyclic amines) is 1. The van der Waals surface area contributed by atoms with Crippen LogP contribution in [-0.4, -0.2) is 41.5 Å². The highest BCUT2D eigenvalue weighted by Crippen LogP contribution is 2.33. The molecule has 5 heteroatoms. The lowest BCUT2D eigenvalue weighted by Crippen LogP contribution is -2.43. The van der Waals surface area contributed by atoms with Gasteiger partial charge in [-0.1, -0.05) is 59.2 Å². The summed E-state index contributed by atoms with van der Waals surface area (Å²) in [6, 6.07) is 17.9.